The van der Waals surface area contributed by atoms with Gasteiger partial charge in [0.25, 0.3) is 0 Å². The Labute approximate surface area is 145 Å². The van der Waals surface area contributed by atoms with Crippen LogP contribution in [0.25, 0.3) is 11.0 Å². The van der Waals surface area contributed by atoms with E-state index in [1.165, 1.54) is 0 Å². The Morgan fingerprint density at radius 3 is 2.68 bits per heavy atom. The minimum absolute atomic E-state index is 0.0722. The number of ether oxygens (including phenoxy) is 1. The summed E-state index contributed by atoms with van der Waals surface area (Å²) in [6.45, 7) is 1.19. The van der Waals surface area contributed by atoms with Crippen LogP contribution in [-0.4, -0.2) is 40.1 Å². The molecule has 0 bridgehead atoms. The van der Waals surface area contributed by atoms with E-state index >= 15 is 0 Å². The first kappa shape index (κ1) is 15.4. The van der Waals surface area contributed by atoms with Crippen LogP contribution < -0.4 is 10.1 Å². The smallest absolute Gasteiger partial charge is 0.321 e. The molecular weight excluding hydrogens is 316 g/mol. The summed E-state index contributed by atoms with van der Waals surface area (Å²) in [5, 5.41) is 2.90. The molecule has 6 nitrogen and oxygen atoms in total. The Bertz CT molecular complexity index is 885. The first-order valence-corrected chi connectivity index (χ1v) is 8.27. The lowest BCUT2D eigenvalue weighted by Crippen LogP contribution is -2.34. The van der Waals surface area contributed by atoms with Crippen molar-refractivity contribution in [1.29, 1.82) is 0 Å². The lowest BCUT2D eigenvalue weighted by molar-refractivity contribution is 0.190. The molecule has 6 heteroatoms. The highest BCUT2D eigenvalue weighted by atomic mass is 16.5. The topological polar surface area (TPSA) is 67.4 Å². The molecule has 126 valence electrons. The predicted molar refractivity (Wildman–Crippen MR) is 95.6 cm³/mol. The Balaban J connectivity index is 1.37. The van der Waals surface area contributed by atoms with E-state index < -0.39 is 0 Å². The van der Waals surface area contributed by atoms with Crippen molar-refractivity contribution in [1.82, 2.24) is 14.9 Å². The molecule has 1 N–H and O–H groups in total. The van der Waals surface area contributed by atoms with Crippen LogP contribution >= 0.6 is 0 Å². The number of rotatable bonds is 3. The largest absolute Gasteiger partial charge is 0.471 e. The first-order chi connectivity index (χ1) is 12.3. The van der Waals surface area contributed by atoms with E-state index in [-0.39, 0.29) is 12.1 Å². The van der Waals surface area contributed by atoms with E-state index in [4.69, 9.17) is 4.74 Å². The van der Waals surface area contributed by atoms with Gasteiger partial charge in [-0.1, -0.05) is 30.3 Å². The van der Waals surface area contributed by atoms with Crippen molar-refractivity contribution in [2.45, 2.75) is 12.5 Å². The highest BCUT2D eigenvalue weighted by molar-refractivity contribution is 5.89. The molecule has 1 saturated heterocycles. The number of carbonyl (C=O) groups is 1. The van der Waals surface area contributed by atoms with Crippen LogP contribution in [0.5, 0.6) is 5.88 Å². The molecule has 0 radical (unpaired) electrons. The number of nitrogens with zero attached hydrogens (tertiary/aromatic N) is 3. The number of benzene rings is 2. The SMILES string of the molecule is O=C(Nc1ccccc1)N1CCC(Oc2cnc3ccccc3n2)C1. The van der Waals surface area contributed by atoms with Gasteiger partial charge in [-0.3, -0.25) is 0 Å². The number of anilines is 1. The molecule has 25 heavy (non-hydrogen) atoms. The Hall–Kier alpha value is -3.15. The lowest BCUT2D eigenvalue weighted by Gasteiger charge is -2.17. The van der Waals surface area contributed by atoms with Gasteiger partial charge >= 0.3 is 6.03 Å². The van der Waals surface area contributed by atoms with Gasteiger partial charge in [0.1, 0.15) is 6.10 Å². The molecule has 1 aliphatic heterocycles. The number of nitrogens with one attached hydrogen (secondary N) is 1. The van der Waals surface area contributed by atoms with Crippen molar-refractivity contribution in [2.24, 2.45) is 0 Å². The molecule has 2 amide bonds. The van der Waals surface area contributed by atoms with Crippen molar-refractivity contribution in [3.8, 4) is 5.88 Å². The molecule has 0 spiro atoms. The fourth-order valence-electron chi connectivity index (χ4n) is 2.90. The molecule has 1 fully saturated rings. The molecule has 3 aromatic rings. The van der Waals surface area contributed by atoms with Gasteiger partial charge in [0.15, 0.2) is 0 Å². The van der Waals surface area contributed by atoms with Gasteiger partial charge in [-0.25, -0.2) is 14.8 Å². The zero-order valence-electron chi connectivity index (χ0n) is 13.6. The lowest BCUT2D eigenvalue weighted by atomic mass is 10.3. The average molecular weight is 334 g/mol. The zero-order valence-corrected chi connectivity index (χ0v) is 13.6. The molecule has 1 unspecified atom stereocenters. The molecule has 0 aliphatic carbocycles. The second-order valence-electron chi connectivity index (χ2n) is 5.97. The van der Waals surface area contributed by atoms with Crippen LogP contribution in [0.4, 0.5) is 10.5 Å². The second-order valence-corrected chi connectivity index (χ2v) is 5.97. The van der Waals surface area contributed by atoms with Gasteiger partial charge < -0.3 is 15.0 Å². The standard InChI is InChI=1S/C19H18N4O2/c24-19(21-14-6-2-1-3-7-14)23-11-10-15(13-23)25-18-12-20-16-8-4-5-9-17(16)22-18/h1-9,12,15H,10-11,13H2,(H,21,24). The maximum absolute atomic E-state index is 12.3. The van der Waals surface area contributed by atoms with Gasteiger partial charge in [0.2, 0.25) is 5.88 Å². The van der Waals surface area contributed by atoms with Crippen LogP contribution in [0, 0.1) is 0 Å². The van der Waals surface area contributed by atoms with Crippen molar-refractivity contribution < 1.29 is 9.53 Å². The highest BCUT2D eigenvalue weighted by Crippen LogP contribution is 2.19. The normalized spacial score (nSPS) is 16.8. The number of aromatic nitrogens is 2. The van der Waals surface area contributed by atoms with Crippen molar-refractivity contribution in [3.05, 3.63) is 60.8 Å². The maximum atomic E-state index is 12.3. The summed E-state index contributed by atoms with van der Waals surface area (Å²) >= 11 is 0. The van der Waals surface area contributed by atoms with E-state index in [0.717, 1.165) is 23.1 Å². The molecule has 4 rings (SSSR count). The first-order valence-electron chi connectivity index (χ1n) is 8.27. The van der Waals surface area contributed by atoms with Gasteiger partial charge in [-0.2, -0.15) is 0 Å². The van der Waals surface area contributed by atoms with Crippen LogP contribution in [0.3, 0.4) is 0 Å². The number of para-hydroxylation sites is 3. The third-order valence-electron chi connectivity index (χ3n) is 4.17. The Kier molecular flexibility index (Phi) is 4.16. The predicted octanol–water partition coefficient (Wildman–Crippen LogP) is 3.32. The van der Waals surface area contributed by atoms with Crippen LogP contribution in [0.1, 0.15) is 6.42 Å². The van der Waals surface area contributed by atoms with E-state index in [0.29, 0.717) is 19.0 Å². The summed E-state index contributed by atoms with van der Waals surface area (Å²) in [7, 11) is 0. The van der Waals surface area contributed by atoms with Crippen LogP contribution in [0.2, 0.25) is 0 Å². The molecule has 1 aliphatic rings. The fourth-order valence-corrected chi connectivity index (χ4v) is 2.90. The summed E-state index contributed by atoms with van der Waals surface area (Å²) in [4.78, 5) is 22.9. The number of likely N-dealkylation sites (tertiary alicyclic amines) is 1. The molecule has 1 aromatic heterocycles. The van der Waals surface area contributed by atoms with Gasteiger partial charge in [0.05, 0.1) is 23.8 Å². The van der Waals surface area contributed by atoms with Crippen LogP contribution in [0.15, 0.2) is 60.8 Å². The van der Waals surface area contributed by atoms with Gasteiger partial charge in [-0.15, -0.1) is 0 Å². The third-order valence-corrected chi connectivity index (χ3v) is 4.17. The van der Waals surface area contributed by atoms with Crippen molar-refractivity contribution in [3.63, 3.8) is 0 Å². The van der Waals surface area contributed by atoms with Crippen molar-refractivity contribution in [2.75, 3.05) is 18.4 Å². The number of hydrogen-bond acceptors (Lipinski definition) is 4. The second kappa shape index (κ2) is 6.76. The van der Waals surface area contributed by atoms with E-state index in [2.05, 4.69) is 15.3 Å². The summed E-state index contributed by atoms with van der Waals surface area (Å²) < 4.78 is 5.92. The number of hydrogen-bond donors (Lipinski definition) is 1. The number of amides is 2. The quantitative estimate of drug-likeness (QED) is 0.798. The average Bonchev–Trinajstić information content (AvgIpc) is 3.11. The highest BCUT2D eigenvalue weighted by Gasteiger charge is 2.28. The summed E-state index contributed by atoms with van der Waals surface area (Å²) in [5.41, 5.74) is 2.43. The maximum Gasteiger partial charge on any atom is 0.321 e. The molecule has 2 heterocycles. The minimum atomic E-state index is -0.109. The van der Waals surface area contributed by atoms with Crippen molar-refractivity contribution >= 4 is 22.8 Å². The van der Waals surface area contributed by atoms with Gasteiger partial charge in [0, 0.05) is 18.7 Å². The third kappa shape index (κ3) is 3.52. The number of carbonyl (C=O) groups excluding carboxylic acids is 1. The number of urea groups is 1. The molecule has 0 saturated carbocycles. The Morgan fingerprint density at radius 2 is 1.84 bits per heavy atom. The molecular formula is C19H18N4O2. The fraction of sp³-hybridized carbons (Fsp3) is 0.211. The van der Waals surface area contributed by atoms with Gasteiger partial charge in [-0.05, 0) is 24.3 Å². The minimum Gasteiger partial charge on any atom is -0.471 e. The van der Waals surface area contributed by atoms with E-state index in [1.807, 2.05) is 54.6 Å². The van der Waals surface area contributed by atoms with E-state index in [9.17, 15) is 4.79 Å². The monoisotopic (exact) mass is 334 g/mol. The number of fused-ring (bicyclic) bond motifs is 1. The summed E-state index contributed by atoms with van der Waals surface area (Å²) in [6, 6.07) is 17.0. The Morgan fingerprint density at radius 1 is 1.08 bits per heavy atom. The molecule has 1 atom stereocenters. The molecule has 2 aromatic carbocycles. The summed E-state index contributed by atoms with van der Waals surface area (Å²) in [6.07, 6.45) is 2.34. The summed E-state index contributed by atoms with van der Waals surface area (Å²) in [5.74, 6) is 0.494. The zero-order chi connectivity index (χ0) is 17.1. The van der Waals surface area contributed by atoms with Crippen LogP contribution in [-0.2, 0) is 0 Å². The van der Waals surface area contributed by atoms with E-state index in [1.54, 1.807) is 11.1 Å².